The van der Waals surface area contributed by atoms with E-state index < -0.39 is 0 Å². The standard InChI is InChI=1S/C26H19ClO/c1-16-11-12-22-21-9-5-6-10-23(21)26(28)25(22)24(16)19-13-18(14-20(27)15-19)17-7-3-2-4-8-17/h2-16,24H,1H3. The summed E-state index contributed by atoms with van der Waals surface area (Å²) in [6.45, 7) is 2.17. The molecular formula is C26H19ClO. The third-order valence-corrected chi connectivity index (χ3v) is 6.00. The highest BCUT2D eigenvalue weighted by molar-refractivity contribution is 6.31. The lowest BCUT2D eigenvalue weighted by Gasteiger charge is -2.27. The zero-order chi connectivity index (χ0) is 19.3. The number of rotatable bonds is 2. The Bertz CT molecular complexity index is 1150. The predicted molar refractivity (Wildman–Crippen MR) is 116 cm³/mol. The molecule has 0 fully saturated rings. The molecule has 0 bridgehead atoms. The highest BCUT2D eigenvalue weighted by atomic mass is 35.5. The largest absolute Gasteiger partial charge is 0.289 e. The number of fused-ring (bicyclic) bond motifs is 2. The van der Waals surface area contributed by atoms with Gasteiger partial charge in [0.15, 0.2) is 5.78 Å². The molecule has 0 aromatic heterocycles. The Kier molecular flexibility index (Phi) is 4.07. The fourth-order valence-corrected chi connectivity index (χ4v) is 4.74. The molecule has 2 aliphatic rings. The van der Waals surface area contributed by atoms with E-state index in [1.165, 1.54) is 0 Å². The quantitative estimate of drug-likeness (QED) is 0.468. The zero-order valence-corrected chi connectivity index (χ0v) is 16.3. The molecule has 3 aromatic rings. The van der Waals surface area contributed by atoms with Gasteiger partial charge in [0, 0.05) is 22.1 Å². The number of carbonyl (C=O) groups is 1. The van der Waals surface area contributed by atoms with Crippen LogP contribution in [0.3, 0.4) is 0 Å². The number of hydrogen-bond acceptors (Lipinski definition) is 1. The van der Waals surface area contributed by atoms with Crippen molar-refractivity contribution in [1.29, 1.82) is 0 Å². The van der Waals surface area contributed by atoms with Crippen LogP contribution in [0.25, 0.3) is 16.7 Å². The van der Waals surface area contributed by atoms with Crippen molar-refractivity contribution < 1.29 is 4.79 Å². The maximum absolute atomic E-state index is 13.3. The summed E-state index contributed by atoms with van der Waals surface area (Å²) in [4.78, 5) is 13.3. The molecule has 0 saturated heterocycles. The molecule has 5 rings (SSSR count). The lowest BCUT2D eigenvalue weighted by molar-refractivity contribution is 0.102. The summed E-state index contributed by atoms with van der Waals surface area (Å²) in [5.41, 5.74) is 7.11. The van der Waals surface area contributed by atoms with Gasteiger partial charge in [-0.2, -0.15) is 0 Å². The molecular weight excluding hydrogens is 364 g/mol. The molecule has 0 heterocycles. The van der Waals surface area contributed by atoms with Gasteiger partial charge >= 0.3 is 0 Å². The van der Waals surface area contributed by atoms with Crippen molar-refractivity contribution in [2.45, 2.75) is 12.8 Å². The SMILES string of the molecule is CC1C=CC2=C(C(=O)c3ccccc32)C1c1cc(Cl)cc(-c2ccccc2)c1. The minimum absolute atomic E-state index is 0.000984. The molecule has 0 aliphatic heterocycles. The maximum Gasteiger partial charge on any atom is 0.190 e. The average molecular weight is 383 g/mol. The summed E-state index contributed by atoms with van der Waals surface area (Å²) in [7, 11) is 0. The van der Waals surface area contributed by atoms with Crippen molar-refractivity contribution in [3.63, 3.8) is 0 Å². The van der Waals surface area contributed by atoms with E-state index in [9.17, 15) is 4.79 Å². The van der Waals surface area contributed by atoms with E-state index in [4.69, 9.17) is 11.6 Å². The van der Waals surface area contributed by atoms with Gasteiger partial charge in [-0.15, -0.1) is 0 Å². The molecule has 0 amide bonds. The Balaban J connectivity index is 1.67. The van der Waals surface area contributed by atoms with Crippen LogP contribution in [0.5, 0.6) is 0 Å². The van der Waals surface area contributed by atoms with Crippen LogP contribution in [-0.4, -0.2) is 5.78 Å². The first-order valence-corrected chi connectivity index (χ1v) is 9.93. The van der Waals surface area contributed by atoms with E-state index in [1.54, 1.807) is 0 Å². The summed E-state index contributed by atoms with van der Waals surface area (Å²) >= 11 is 6.52. The van der Waals surface area contributed by atoms with Crippen LogP contribution in [0.1, 0.15) is 34.3 Å². The Morgan fingerprint density at radius 3 is 2.32 bits per heavy atom. The number of Topliss-reactive ketones (excluding diaryl/α,β-unsaturated/α-hetero) is 1. The topological polar surface area (TPSA) is 17.1 Å². The van der Waals surface area contributed by atoms with Gasteiger partial charge in [-0.25, -0.2) is 0 Å². The second-order valence-corrected chi connectivity index (χ2v) is 7.97. The molecule has 0 N–H and O–H groups in total. The fourth-order valence-electron chi connectivity index (χ4n) is 4.50. The van der Waals surface area contributed by atoms with E-state index in [-0.39, 0.29) is 17.6 Å². The van der Waals surface area contributed by atoms with Crippen molar-refractivity contribution in [3.05, 3.63) is 112 Å². The van der Waals surface area contributed by atoms with Crippen LogP contribution in [0.15, 0.2) is 90.5 Å². The van der Waals surface area contributed by atoms with E-state index in [1.807, 2.05) is 54.6 Å². The van der Waals surface area contributed by atoms with Gasteiger partial charge in [0.2, 0.25) is 0 Å². The van der Waals surface area contributed by atoms with Gasteiger partial charge in [0.25, 0.3) is 0 Å². The van der Waals surface area contributed by atoms with Gasteiger partial charge in [0.05, 0.1) is 0 Å². The predicted octanol–water partition coefficient (Wildman–Crippen LogP) is 6.95. The Morgan fingerprint density at radius 2 is 1.54 bits per heavy atom. The summed E-state index contributed by atoms with van der Waals surface area (Å²) < 4.78 is 0. The van der Waals surface area contributed by atoms with E-state index >= 15 is 0 Å². The minimum atomic E-state index is 0.000984. The molecule has 0 radical (unpaired) electrons. The third-order valence-electron chi connectivity index (χ3n) is 5.79. The van der Waals surface area contributed by atoms with Gasteiger partial charge in [-0.05, 0) is 45.9 Å². The summed E-state index contributed by atoms with van der Waals surface area (Å²) in [6, 6.07) is 24.3. The highest BCUT2D eigenvalue weighted by Gasteiger charge is 2.38. The average Bonchev–Trinajstić information content (AvgIpc) is 3.01. The zero-order valence-electron chi connectivity index (χ0n) is 15.5. The smallest absolute Gasteiger partial charge is 0.190 e. The number of halogens is 1. The molecule has 2 aliphatic carbocycles. The number of ketones is 1. The molecule has 2 atom stereocenters. The van der Waals surface area contributed by atoms with Crippen LogP contribution in [-0.2, 0) is 0 Å². The second-order valence-electron chi connectivity index (χ2n) is 7.54. The van der Waals surface area contributed by atoms with E-state index in [2.05, 4.69) is 37.3 Å². The molecule has 0 saturated carbocycles. The van der Waals surface area contributed by atoms with Crippen LogP contribution in [0.2, 0.25) is 5.02 Å². The van der Waals surface area contributed by atoms with Crippen molar-refractivity contribution >= 4 is 23.0 Å². The van der Waals surface area contributed by atoms with Crippen LogP contribution >= 0.6 is 11.6 Å². The first-order chi connectivity index (χ1) is 13.6. The van der Waals surface area contributed by atoms with Gasteiger partial charge in [-0.1, -0.05) is 91.3 Å². The monoisotopic (exact) mass is 382 g/mol. The van der Waals surface area contributed by atoms with Gasteiger partial charge < -0.3 is 0 Å². The Morgan fingerprint density at radius 1 is 0.821 bits per heavy atom. The number of allylic oxidation sites excluding steroid dienone is 4. The fraction of sp³-hybridized carbons (Fsp3) is 0.115. The number of benzene rings is 3. The lowest BCUT2D eigenvalue weighted by atomic mass is 9.75. The highest BCUT2D eigenvalue weighted by Crippen LogP contribution is 2.48. The lowest BCUT2D eigenvalue weighted by Crippen LogP contribution is -2.18. The Labute approximate surface area is 170 Å². The second kappa shape index (κ2) is 6.61. The van der Waals surface area contributed by atoms with Gasteiger partial charge in [0.1, 0.15) is 0 Å². The van der Waals surface area contributed by atoms with Crippen molar-refractivity contribution in [2.75, 3.05) is 0 Å². The molecule has 3 aromatic carbocycles. The van der Waals surface area contributed by atoms with Crippen LogP contribution in [0.4, 0.5) is 0 Å². The van der Waals surface area contributed by atoms with Crippen LogP contribution < -0.4 is 0 Å². The number of hydrogen-bond donors (Lipinski definition) is 0. The Hall–Kier alpha value is -2.90. The molecule has 136 valence electrons. The maximum atomic E-state index is 13.3. The first kappa shape index (κ1) is 17.2. The summed E-state index contributed by atoms with van der Waals surface area (Å²) in [5, 5.41) is 0.697. The molecule has 2 unspecified atom stereocenters. The summed E-state index contributed by atoms with van der Waals surface area (Å²) in [6.07, 6.45) is 4.32. The van der Waals surface area contributed by atoms with E-state index in [0.717, 1.165) is 39.0 Å². The minimum Gasteiger partial charge on any atom is -0.289 e. The molecule has 1 nitrogen and oxygen atoms in total. The summed E-state index contributed by atoms with van der Waals surface area (Å²) in [5.74, 6) is 0.369. The molecule has 2 heteroatoms. The number of carbonyl (C=O) groups excluding carboxylic acids is 1. The third kappa shape index (κ3) is 2.66. The van der Waals surface area contributed by atoms with Gasteiger partial charge in [-0.3, -0.25) is 4.79 Å². The van der Waals surface area contributed by atoms with Crippen molar-refractivity contribution in [1.82, 2.24) is 0 Å². The normalized spacial score (nSPS) is 20.3. The van der Waals surface area contributed by atoms with E-state index in [0.29, 0.717) is 5.02 Å². The van der Waals surface area contributed by atoms with Crippen molar-refractivity contribution in [3.8, 4) is 11.1 Å². The first-order valence-electron chi connectivity index (χ1n) is 9.56. The van der Waals surface area contributed by atoms with Crippen molar-refractivity contribution in [2.24, 2.45) is 5.92 Å². The van der Waals surface area contributed by atoms with Crippen LogP contribution in [0, 0.1) is 5.92 Å². The molecule has 28 heavy (non-hydrogen) atoms. The molecule has 0 spiro atoms.